The van der Waals surface area contributed by atoms with E-state index in [-0.39, 0.29) is 5.78 Å². The molecule has 1 nitrogen and oxygen atoms in total. The molecule has 0 N–H and O–H groups in total. The van der Waals surface area contributed by atoms with Crippen molar-refractivity contribution in [3.05, 3.63) is 77.9 Å². The largest absolute Gasteiger partial charge is 0.294 e. The van der Waals surface area contributed by atoms with Crippen molar-refractivity contribution in [2.45, 2.75) is 6.42 Å². The van der Waals surface area contributed by atoms with Crippen molar-refractivity contribution >= 4 is 44.2 Å². The Morgan fingerprint density at radius 3 is 2.30 bits per heavy atom. The topological polar surface area (TPSA) is 17.1 Å². The van der Waals surface area contributed by atoms with Gasteiger partial charge in [-0.1, -0.05) is 72.8 Å². The van der Waals surface area contributed by atoms with E-state index < -0.39 is 0 Å². The number of hydrogen-bond acceptors (Lipinski definition) is 1. The van der Waals surface area contributed by atoms with Gasteiger partial charge in [0.05, 0.1) is 0 Å². The van der Waals surface area contributed by atoms with Crippen LogP contribution in [0.4, 0.5) is 0 Å². The van der Waals surface area contributed by atoms with Gasteiger partial charge in [0.15, 0.2) is 5.78 Å². The normalized spacial score (nSPS) is 13.8. The predicted octanol–water partition coefficient (Wildman–Crippen LogP) is 5.75. The number of ketones is 1. The van der Waals surface area contributed by atoms with Crippen LogP contribution in [0.15, 0.2) is 66.7 Å². The molecule has 0 saturated heterocycles. The molecular weight excluding hydrogens is 280 g/mol. The third-order valence-corrected chi connectivity index (χ3v) is 4.82. The van der Waals surface area contributed by atoms with Gasteiger partial charge in [0.1, 0.15) is 0 Å². The highest BCUT2D eigenvalue weighted by Gasteiger charge is 2.21. The minimum atomic E-state index is 0.217. The molecule has 0 spiro atoms. The summed E-state index contributed by atoms with van der Waals surface area (Å²) in [6.07, 6.45) is 4.58. The van der Waals surface area contributed by atoms with Crippen LogP contribution < -0.4 is 0 Å². The van der Waals surface area contributed by atoms with Crippen LogP contribution in [-0.2, 0) is 0 Å². The molecular formula is C22H14O. The fourth-order valence-corrected chi connectivity index (χ4v) is 3.84. The number of carbonyl (C=O) groups excluding carboxylic acids is 1. The van der Waals surface area contributed by atoms with Gasteiger partial charge < -0.3 is 0 Å². The second-order valence-corrected chi connectivity index (χ2v) is 6.07. The summed E-state index contributed by atoms with van der Waals surface area (Å²) < 4.78 is 0. The first-order valence-corrected chi connectivity index (χ1v) is 7.90. The smallest absolute Gasteiger partial charge is 0.167 e. The molecule has 23 heavy (non-hydrogen) atoms. The molecule has 4 aromatic carbocycles. The summed E-state index contributed by atoms with van der Waals surface area (Å²) in [5.74, 6) is 0.217. The Kier molecular flexibility index (Phi) is 2.48. The van der Waals surface area contributed by atoms with E-state index in [0.29, 0.717) is 6.42 Å². The lowest BCUT2D eigenvalue weighted by Crippen LogP contribution is -2.06. The second kappa shape index (κ2) is 4.53. The highest BCUT2D eigenvalue weighted by molar-refractivity contribution is 6.28. The summed E-state index contributed by atoms with van der Waals surface area (Å²) in [7, 11) is 0. The molecule has 4 aromatic rings. The van der Waals surface area contributed by atoms with E-state index >= 15 is 0 Å². The van der Waals surface area contributed by atoms with E-state index in [4.69, 9.17) is 0 Å². The lowest BCUT2D eigenvalue weighted by Gasteiger charge is -2.18. The van der Waals surface area contributed by atoms with E-state index in [1.807, 2.05) is 24.3 Å². The van der Waals surface area contributed by atoms with Crippen LogP contribution >= 0.6 is 0 Å². The summed E-state index contributed by atoms with van der Waals surface area (Å²) in [6, 6.07) is 21.0. The molecule has 0 aliphatic heterocycles. The minimum absolute atomic E-state index is 0.217. The average molecular weight is 294 g/mol. The van der Waals surface area contributed by atoms with Crippen LogP contribution in [0.3, 0.4) is 0 Å². The summed E-state index contributed by atoms with van der Waals surface area (Å²) in [4.78, 5) is 12.7. The Labute approximate surface area is 133 Å². The first kappa shape index (κ1) is 12.6. The van der Waals surface area contributed by atoms with Gasteiger partial charge in [-0.25, -0.2) is 0 Å². The van der Waals surface area contributed by atoms with Gasteiger partial charge in [-0.15, -0.1) is 0 Å². The van der Waals surface area contributed by atoms with Gasteiger partial charge >= 0.3 is 0 Å². The number of Topliss-reactive ketones (excluding diaryl/α,β-unsaturated/α-hetero) is 1. The van der Waals surface area contributed by atoms with Gasteiger partial charge in [0.2, 0.25) is 0 Å². The second-order valence-electron chi connectivity index (χ2n) is 6.07. The number of carbonyl (C=O) groups is 1. The number of rotatable bonds is 0. The maximum atomic E-state index is 12.7. The van der Waals surface area contributed by atoms with Crippen LogP contribution in [0.1, 0.15) is 22.3 Å². The van der Waals surface area contributed by atoms with Gasteiger partial charge in [-0.3, -0.25) is 4.79 Å². The molecule has 0 aromatic heterocycles. The standard InChI is InChI=1S/C22H14O/c23-20-11-5-10-18-16-8-3-4-9-17(16)19-13-12-14-6-1-2-7-15(14)21(19)22(18)20/h1-10,12-13H,11H2. The van der Waals surface area contributed by atoms with E-state index in [9.17, 15) is 4.79 Å². The number of allylic oxidation sites excluding steroid dienone is 1. The zero-order valence-electron chi connectivity index (χ0n) is 12.5. The molecule has 1 aliphatic carbocycles. The maximum absolute atomic E-state index is 12.7. The van der Waals surface area contributed by atoms with Crippen molar-refractivity contribution in [3.63, 3.8) is 0 Å². The first-order chi connectivity index (χ1) is 11.3. The van der Waals surface area contributed by atoms with Crippen LogP contribution in [0.2, 0.25) is 0 Å². The lowest BCUT2D eigenvalue weighted by molar-refractivity contribution is 0.0996. The zero-order valence-corrected chi connectivity index (χ0v) is 12.5. The molecule has 0 saturated carbocycles. The lowest BCUT2D eigenvalue weighted by atomic mass is 9.84. The third-order valence-electron chi connectivity index (χ3n) is 4.82. The van der Waals surface area contributed by atoms with E-state index in [1.54, 1.807) is 0 Å². The molecule has 0 bridgehead atoms. The maximum Gasteiger partial charge on any atom is 0.167 e. The highest BCUT2D eigenvalue weighted by Crippen LogP contribution is 2.39. The molecule has 0 atom stereocenters. The Hall–Kier alpha value is -2.93. The molecule has 0 fully saturated rings. The summed E-state index contributed by atoms with van der Waals surface area (Å²) >= 11 is 0. The van der Waals surface area contributed by atoms with Crippen molar-refractivity contribution in [3.8, 4) is 0 Å². The molecule has 1 aliphatic rings. The van der Waals surface area contributed by atoms with Crippen molar-refractivity contribution in [2.24, 2.45) is 0 Å². The summed E-state index contributed by atoms with van der Waals surface area (Å²) in [6.45, 7) is 0. The molecule has 0 radical (unpaired) electrons. The SMILES string of the molecule is O=C1CC=Cc2c1c1c3ccccc3ccc1c1ccccc21. The minimum Gasteiger partial charge on any atom is -0.294 e. The van der Waals surface area contributed by atoms with Crippen molar-refractivity contribution in [1.82, 2.24) is 0 Å². The number of fused-ring (bicyclic) bond motifs is 8. The van der Waals surface area contributed by atoms with Gasteiger partial charge in [-0.2, -0.15) is 0 Å². The summed E-state index contributed by atoms with van der Waals surface area (Å²) in [5.41, 5.74) is 1.96. The molecule has 5 rings (SSSR count). The van der Waals surface area contributed by atoms with Gasteiger partial charge in [0.25, 0.3) is 0 Å². The van der Waals surface area contributed by atoms with Crippen molar-refractivity contribution < 1.29 is 4.79 Å². The molecule has 0 unspecified atom stereocenters. The Balaban J connectivity index is 2.18. The monoisotopic (exact) mass is 294 g/mol. The van der Waals surface area contributed by atoms with Gasteiger partial charge in [0, 0.05) is 17.4 Å². The molecule has 1 heteroatoms. The van der Waals surface area contributed by atoms with Crippen LogP contribution in [0.25, 0.3) is 38.4 Å². The van der Waals surface area contributed by atoms with Crippen LogP contribution in [-0.4, -0.2) is 5.78 Å². The van der Waals surface area contributed by atoms with Crippen molar-refractivity contribution in [1.29, 1.82) is 0 Å². The fraction of sp³-hybridized carbons (Fsp3) is 0.0455. The zero-order chi connectivity index (χ0) is 15.4. The third kappa shape index (κ3) is 1.65. The molecule has 0 heterocycles. The van der Waals surface area contributed by atoms with E-state index in [0.717, 1.165) is 27.3 Å². The van der Waals surface area contributed by atoms with Gasteiger partial charge in [-0.05, 0) is 32.5 Å². The number of hydrogen-bond donors (Lipinski definition) is 0. The van der Waals surface area contributed by atoms with Crippen LogP contribution in [0, 0.1) is 0 Å². The highest BCUT2D eigenvalue weighted by atomic mass is 16.1. The Morgan fingerprint density at radius 1 is 0.696 bits per heavy atom. The predicted molar refractivity (Wildman–Crippen MR) is 96.9 cm³/mol. The number of benzene rings is 4. The van der Waals surface area contributed by atoms with E-state index in [1.165, 1.54) is 16.2 Å². The Morgan fingerprint density at radius 2 is 1.43 bits per heavy atom. The van der Waals surface area contributed by atoms with Crippen LogP contribution in [0.5, 0.6) is 0 Å². The van der Waals surface area contributed by atoms with Crippen molar-refractivity contribution in [2.75, 3.05) is 0 Å². The average Bonchev–Trinajstić information content (AvgIpc) is 2.61. The summed E-state index contributed by atoms with van der Waals surface area (Å²) in [5, 5.41) is 6.99. The van der Waals surface area contributed by atoms with E-state index in [2.05, 4.69) is 48.5 Å². The molecule has 0 amide bonds. The first-order valence-electron chi connectivity index (χ1n) is 7.90. The molecule has 108 valence electrons. The fourth-order valence-electron chi connectivity index (χ4n) is 3.84. The quantitative estimate of drug-likeness (QED) is 0.378. The Bertz CT molecular complexity index is 1150.